The Bertz CT molecular complexity index is 288. The average molecular weight is 147 g/mol. The highest BCUT2D eigenvalue weighted by Gasteiger charge is 1.81. The zero-order chi connectivity index (χ0) is 7.94. The maximum Gasteiger partial charge on any atom is 0.261 e. The van der Waals surface area contributed by atoms with E-state index < -0.39 is 0 Å². The van der Waals surface area contributed by atoms with Gasteiger partial charge in [0.25, 0.3) is 6.08 Å². The van der Waals surface area contributed by atoms with Crippen LogP contribution in [0.1, 0.15) is 0 Å². The van der Waals surface area contributed by atoms with Crippen molar-refractivity contribution >= 4 is 11.8 Å². The second kappa shape index (κ2) is 4.09. The van der Waals surface area contributed by atoms with Crippen LogP contribution in [0.4, 0.5) is 5.69 Å². The van der Waals surface area contributed by atoms with Crippen molar-refractivity contribution in [3.8, 4) is 0 Å². The van der Waals surface area contributed by atoms with E-state index in [1.807, 2.05) is 18.2 Å². The molecule has 0 saturated carbocycles. The number of carbonyl (C=O) groups excluding carboxylic acids is 1. The van der Waals surface area contributed by atoms with Crippen LogP contribution in [-0.4, -0.2) is 6.08 Å². The molecule has 0 radical (unpaired) electrons. The molecule has 1 aromatic rings. The Kier molecular flexibility index (Phi) is 2.71. The van der Waals surface area contributed by atoms with Crippen LogP contribution in [-0.2, 0) is 4.79 Å². The number of hydrogen-bond acceptors (Lipinski definition) is 3. The molecule has 0 N–H and O–H groups in total. The molecule has 0 unspecified atom stereocenters. The number of hydrogen-bond donors (Lipinski definition) is 0. The van der Waals surface area contributed by atoms with Gasteiger partial charge in [-0.05, 0) is 22.5 Å². The lowest BCUT2D eigenvalue weighted by atomic mass is 10.3. The Morgan fingerprint density at radius 3 is 2.55 bits per heavy atom. The fourth-order valence-electron chi connectivity index (χ4n) is 0.587. The molecule has 0 aliphatic rings. The van der Waals surface area contributed by atoms with E-state index in [4.69, 9.17) is 0 Å². The summed E-state index contributed by atoms with van der Waals surface area (Å²) in [5.74, 6) is 0. The van der Waals surface area contributed by atoms with E-state index in [1.54, 1.807) is 12.1 Å². The SMILES string of the molecule is O=C=N/N=N/c1ccccc1. The molecule has 1 rings (SSSR count). The van der Waals surface area contributed by atoms with Gasteiger partial charge < -0.3 is 0 Å². The van der Waals surface area contributed by atoms with Gasteiger partial charge in [-0.1, -0.05) is 18.2 Å². The molecular weight excluding hydrogens is 142 g/mol. The lowest BCUT2D eigenvalue weighted by Gasteiger charge is -1.84. The summed E-state index contributed by atoms with van der Waals surface area (Å²) in [6, 6.07) is 9.01. The van der Waals surface area contributed by atoms with Crippen molar-refractivity contribution < 1.29 is 4.79 Å². The lowest BCUT2D eigenvalue weighted by molar-refractivity contribution is 0.563. The molecule has 11 heavy (non-hydrogen) atoms. The van der Waals surface area contributed by atoms with Crippen molar-refractivity contribution in [2.45, 2.75) is 0 Å². The van der Waals surface area contributed by atoms with E-state index >= 15 is 0 Å². The van der Waals surface area contributed by atoms with Crippen molar-refractivity contribution in [2.24, 2.45) is 15.4 Å². The minimum absolute atomic E-state index is 0.659. The first-order valence-corrected chi connectivity index (χ1v) is 2.96. The molecule has 1 aromatic carbocycles. The van der Waals surface area contributed by atoms with E-state index in [9.17, 15) is 4.79 Å². The van der Waals surface area contributed by atoms with E-state index in [0.717, 1.165) is 0 Å². The fourth-order valence-corrected chi connectivity index (χ4v) is 0.587. The monoisotopic (exact) mass is 147 g/mol. The molecule has 54 valence electrons. The molecule has 0 aliphatic carbocycles. The minimum atomic E-state index is 0.659. The summed E-state index contributed by atoms with van der Waals surface area (Å²) in [5, 5.41) is 9.70. The molecule has 0 saturated heterocycles. The third-order valence-electron chi connectivity index (χ3n) is 1.00. The molecule has 0 bridgehead atoms. The van der Waals surface area contributed by atoms with E-state index in [2.05, 4.69) is 15.4 Å². The van der Waals surface area contributed by atoms with Gasteiger partial charge in [0, 0.05) is 0 Å². The summed E-state index contributed by atoms with van der Waals surface area (Å²) in [5.41, 5.74) is 0.659. The molecule has 0 aliphatic heterocycles. The Morgan fingerprint density at radius 1 is 1.18 bits per heavy atom. The average Bonchev–Trinajstić information content (AvgIpc) is 2.07. The van der Waals surface area contributed by atoms with E-state index in [1.165, 1.54) is 6.08 Å². The second-order valence-corrected chi connectivity index (χ2v) is 1.72. The smallest absolute Gasteiger partial charge is 0.209 e. The fraction of sp³-hybridized carbons (Fsp3) is 0. The third kappa shape index (κ3) is 2.51. The van der Waals surface area contributed by atoms with E-state index in [0.29, 0.717) is 5.69 Å². The van der Waals surface area contributed by atoms with Gasteiger partial charge in [0.15, 0.2) is 0 Å². The standard InChI is InChI=1S/C7H5N3O/c11-6-8-10-9-7-4-2-1-3-5-7/h1-5H/b10-9+. The zero-order valence-electron chi connectivity index (χ0n) is 5.64. The summed E-state index contributed by atoms with van der Waals surface area (Å²) in [4.78, 5) is 9.55. The minimum Gasteiger partial charge on any atom is -0.209 e. The maximum absolute atomic E-state index is 9.55. The van der Waals surface area contributed by atoms with Crippen molar-refractivity contribution in [1.82, 2.24) is 0 Å². The molecule has 0 heterocycles. The normalized spacial score (nSPS) is 9.45. The van der Waals surface area contributed by atoms with Gasteiger partial charge in [-0.3, -0.25) is 0 Å². The Hall–Kier alpha value is -1.80. The highest BCUT2D eigenvalue weighted by Crippen LogP contribution is 2.09. The van der Waals surface area contributed by atoms with Crippen LogP contribution in [0.5, 0.6) is 0 Å². The van der Waals surface area contributed by atoms with Crippen LogP contribution >= 0.6 is 0 Å². The molecule has 0 atom stereocenters. The molecule has 0 aromatic heterocycles. The zero-order valence-corrected chi connectivity index (χ0v) is 5.64. The molecule has 0 fully saturated rings. The molecular formula is C7H5N3O. The third-order valence-corrected chi connectivity index (χ3v) is 1.00. The van der Waals surface area contributed by atoms with E-state index in [-0.39, 0.29) is 0 Å². The van der Waals surface area contributed by atoms with Crippen LogP contribution in [0.2, 0.25) is 0 Å². The number of isocyanates is 1. The summed E-state index contributed by atoms with van der Waals surface area (Å²) in [7, 11) is 0. The van der Waals surface area contributed by atoms with Gasteiger partial charge in [-0.2, -0.15) is 0 Å². The topological polar surface area (TPSA) is 54.1 Å². The summed E-state index contributed by atoms with van der Waals surface area (Å²) in [6.45, 7) is 0. The van der Waals surface area contributed by atoms with Crippen molar-refractivity contribution in [2.75, 3.05) is 0 Å². The van der Waals surface area contributed by atoms with Crippen LogP contribution < -0.4 is 0 Å². The quantitative estimate of drug-likeness (QED) is 0.273. The first-order valence-electron chi connectivity index (χ1n) is 2.96. The highest BCUT2D eigenvalue weighted by atomic mass is 16.1. The number of benzene rings is 1. The molecule has 0 amide bonds. The first-order chi connectivity index (χ1) is 5.43. The largest absolute Gasteiger partial charge is 0.261 e. The predicted molar refractivity (Wildman–Crippen MR) is 39.1 cm³/mol. The van der Waals surface area contributed by atoms with Gasteiger partial charge in [0.05, 0.1) is 5.69 Å². The summed E-state index contributed by atoms with van der Waals surface area (Å²) < 4.78 is 0. The van der Waals surface area contributed by atoms with Crippen molar-refractivity contribution in [3.63, 3.8) is 0 Å². The van der Waals surface area contributed by atoms with Crippen LogP contribution in [0.3, 0.4) is 0 Å². The number of rotatable bonds is 2. The number of nitrogens with zero attached hydrogens (tertiary/aromatic N) is 3. The first kappa shape index (κ1) is 7.31. The lowest BCUT2D eigenvalue weighted by Crippen LogP contribution is -1.59. The van der Waals surface area contributed by atoms with Crippen molar-refractivity contribution in [1.29, 1.82) is 0 Å². The van der Waals surface area contributed by atoms with Gasteiger partial charge >= 0.3 is 0 Å². The molecule has 4 heteroatoms. The van der Waals surface area contributed by atoms with Crippen molar-refractivity contribution in [3.05, 3.63) is 30.3 Å². The molecule has 4 nitrogen and oxygen atoms in total. The van der Waals surface area contributed by atoms with Crippen LogP contribution in [0.15, 0.2) is 45.8 Å². The Balaban J connectivity index is 2.72. The molecule has 0 spiro atoms. The van der Waals surface area contributed by atoms with Gasteiger partial charge in [0.2, 0.25) is 0 Å². The van der Waals surface area contributed by atoms with Gasteiger partial charge in [-0.25, -0.2) is 4.79 Å². The maximum atomic E-state index is 9.55. The Labute approximate surface area is 63.3 Å². The van der Waals surface area contributed by atoms with Crippen LogP contribution in [0.25, 0.3) is 0 Å². The predicted octanol–water partition coefficient (Wildman–Crippen LogP) is 2.02. The van der Waals surface area contributed by atoms with Crippen LogP contribution in [0, 0.1) is 0 Å². The summed E-state index contributed by atoms with van der Waals surface area (Å²) >= 11 is 0. The second-order valence-electron chi connectivity index (χ2n) is 1.72. The van der Waals surface area contributed by atoms with Gasteiger partial charge in [0.1, 0.15) is 0 Å². The van der Waals surface area contributed by atoms with Gasteiger partial charge in [-0.15, -0.1) is 5.11 Å². The highest BCUT2D eigenvalue weighted by molar-refractivity contribution is 5.35. The Morgan fingerprint density at radius 2 is 1.91 bits per heavy atom. The summed E-state index contributed by atoms with van der Waals surface area (Å²) in [6.07, 6.45) is 1.25.